The zero-order valence-electron chi connectivity index (χ0n) is 8.75. The van der Waals surface area contributed by atoms with Crippen molar-refractivity contribution >= 4 is 17.7 Å². The predicted molar refractivity (Wildman–Crippen MR) is 58.9 cm³/mol. The molecule has 0 bridgehead atoms. The van der Waals surface area contributed by atoms with E-state index in [2.05, 4.69) is 16.5 Å². The second-order valence-electron chi connectivity index (χ2n) is 3.81. The fraction of sp³-hybridized carbons (Fsp3) is 0.889. The van der Waals surface area contributed by atoms with Crippen molar-refractivity contribution in [1.29, 1.82) is 0 Å². The smallest absolute Gasteiger partial charge is 0.305 e. The SMILES string of the molecule is CSCCN(C)C1(CC(=O)O)CNC1. The highest BCUT2D eigenvalue weighted by Gasteiger charge is 2.42. The molecule has 4 nitrogen and oxygen atoms in total. The summed E-state index contributed by atoms with van der Waals surface area (Å²) >= 11 is 1.79. The van der Waals surface area contributed by atoms with Crippen LogP contribution in [-0.4, -0.2) is 60.2 Å². The van der Waals surface area contributed by atoms with Crippen LogP contribution in [0.1, 0.15) is 6.42 Å². The normalized spacial score (nSPS) is 19.4. The van der Waals surface area contributed by atoms with Gasteiger partial charge in [-0.25, -0.2) is 0 Å². The first kappa shape index (κ1) is 11.8. The molecule has 0 unspecified atom stereocenters. The Balaban J connectivity index is 2.46. The first-order chi connectivity index (χ1) is 6.60. The van der Waals surface area contributed by atoms with Crippen molar-refractivity contribution in [3.8, 4) is 0 Å². The van der Waals surface area contributed by atoms with E-state index in [1.807, 2.05) is 7.05 Å². The molecule has 0 aromatic heterocycles. The van der Waals surface area contributed by atoms with Crippen LogP contribution in [0.2, 0.25) is 0 Å². The van der Waals surface area contributed by atoms with Crippen molar-refractivity contribution in [2.45, 2.75) is 12.0 Å². The predicted octanol–water partition coefficient (Wildman–Crippen LogP) is 0.0979. The molecule has 1 aliphatic heterocycles. The molecule has 0 aliphatic carbocycles. The molecule has 0 radical (unpaired) electrons. The number of hydrogen-bond donors (Lipinski definition) is 2. The number of nitrogens with one attached hydrogen (secondary N) is 1. The summed E-state index contributed by atoms with van der Waals surface area (Å²) in [5.74, 6) is 0.347. The largest absolute Gasteiger partial charge is 0.481 e. The number of likely N-dealkylation sites (N-methyl/N-ethyl adjacent to an activating group) is 1. The first-order valence-electron chi connectivity index (χ1n) is 4.73. The van der Waals surface area contributed by atoms with E-state index in [-0.39, 0.29) is 12.0 Å². The first-order valence-corrected chi connectivity index (χ1v) is 6.13. The minimum atomic E-state index is -0.706. The second-order valence-corrected chi connectivity index (χ2v) is 4.80. The molecule has 1 aliphatic rings. The molecular formula is C9H18N2O2S. The van der Waals surface area contributed by atoms with Gasteiger partial charge in [-0.05, 0) is 13.3 Å². The summed E-state index contributed by atoms with van der Waals surface area (Å²) in [5, 5.41) is 12.0. The Morgan fingerprint density at radius 1 is 1.64 bits per heavy atom. The molecule has 0 spiro atoms. The maximum Gasteiger partial charge on any atom is 0.305 e. The number of nitrogens with zero attached hydrogens (tertiary/aromatic N) is 1. The van der Waals surface area contributed by atoms with Gasteiger partial charge in [0.05, 0.1) is 12.0 Å². The van der Waals surface area contributed by atoms with E-state index in [0.29, 0.717) is 0 Å². The Morgan fingerprint density at radius 2 is 2.29 bits per heavy atom. The van der Waals surface area contributed by atoms with Gasteiger partial charge < -0.3 is 10.4 Å². The summed E-state index contributed by atoms with van der Waals surface area (Å²) in [7, 11) is 2.01. The minimum Gasteiger partial charge on any atom is -0.481 e. The van der Waals surface area contributed by atoms with Crippen LogP contribution in [0.4, 0.5) is 0 Å². The average molecular weight is 218 g/mol. The van der Waals surface area contributed by atoms with Gasteiger partial charge in [0, 0.05) is 25.4 Å². The van der Waals surface area contributed by atoms with E-state index in [1.54, 1.807) is 11.8 Å². The molecule has 1 fully saturated rings. The number of rotatable bonds is 6. The number of carboxylic acids is 1. The summed E-state index contributed by atoms with van der Waals surface area (Å²) in [6.45, 7) is 2.55. The van der Waals surface area contributed by atoms with E-state index in [9.17, 15) is 4.79 Å². The van der Waals surface area contributed by atoms with Crippen molar-refractivity contribution in [3.63, 3.8) is 0 Å². The molecule has 0 aromatic rings. The molecule has 1 saturated heterocycles. The quantitative estimate of drug-likeness (QED) is 0.662. The molecule has 14 heavy (non-hydrogen) atoms. The Hall–Kier alpha value is -0.260. The highest BCUT2D eigenvalue weighted by atomic mass is 32.2. The van der Waals surface area contributed by atoms with Gasteiger partial charge in [-0.1, -0.05) is 0 Å². The van der Waals surface area contributed by atoms with Crippen molar-refractivity contribution in [1.82, 2.24) is 10.2 Å². The summed E-state index contributed by atoms with van der Waals surface area (Å²) < 4.78 is 0. The molecule has 0 atom stereocenters. The third-order valence-corrected chi connectivity index (χ3v) is 3.42. The lowest BCUT2D eigenvalue weighted by Crippen LogP contribution is -2.68. The maximum absolute atomic E-state index is 10.7. The van der Waals surface area contributed by atoms with E-state index >= 15 is 0 Å². The van der Waals surface area contributed by atoms with Gasteiger partial charge in [0.15, 0.2) is 0 Å². The maximum atomic E-state index is 10.7. The zero-order valence-corrected chi connectivity index (χ0v) is 9.56. The van der Waals surface area contributed by atoms with Crippen molar-refractivity contribution in [3.05, 3.63) is 0 Å². The van der Waals surface area contributed by atoms with Gasteiger partial charge in [0.2, 0.25) is 0 Å². The third-order valence-electron chi connectivity index (χ3n) is 2.83. The van der Waals surface area contributed by atoms with Crippen molar-refractivity contribution in [2.75, 3.05) is 38.7 Å². The summed E-state index contributed by atoms with van der Waals surface area (Å²) in [6, 6.07) is 0. The van der Waals surface area contributed by atoms with Gasteiger partial charge in [-0.15, -0.1) is 0 Å². The van der Waals surface area contributed by atoms with Crippen molar-refractivity contribution in [2.24, 2.45) is 0 Å². The van der Waals surface area contributed by atoms with E-state index in [1.165, 1.54) is 0 Å². The lowest BCUT2D eigenvalue weighted by atomic mass is 9.87. The number of carboxylic acid groups (broad SMARTS) is 1. The summed E-state index contributed by atoms with van der Waals surface area (Å²) in [6.07, 6.45) is 2.31. The fourth-order valence-corrected chi connectivity index (χ4v) is 2.15. The van der Waals surface area contributed by atoms with Crippen LogP contribution >= 0.6 is 11.8 Å². The van der Waals surface area contributed by atoms with Crippen LogP contribution in [0.5, 0.6) is 0 Å². The Labute approximate surface area is 89.0 Å². The molecule has 82 valence electrons. The number of thioether (sulfide) groups is 1. The Morgan fingerprint density at radius 3 is 2.64 bits per heavy atom. The molecule has 1 rings (SSSR count). The topological polar surface area (TPSA) is 52.6 Å². The Bertz CT molecular complexity index is 207. The fourth-order valence-electron chi connectivity index (χ4n) is 1.69. The third kappa shape index (κ3) is 2.62. The minimum absolute atomic E-state index is 0.137. The number of hydrogen-bond acceptors (Lipinski definition) is 4. The zero-order chi connectivity index (χ0) is 10.6. The molecule has 2 N–H and O–H groups in total. The molecule has 0 aromatic carbocycles. The standard InChI is InChI=1S/C9H18N2O2S/c1-11(3-4-14-2)9(5-8(12)13)6-10-7-9/h10H,3-7H2,1-2H3,(H,12,13). The lowest BCUT2D eigenvalue weighted by Gasteiger charge is -2.48. The molecular weight excluding hydrogens is 200 g/mol. The van der Waals surface area contributed by atoms with Gasteiger partial charge >= 0.3 is 5.97 Å². The summed E-state index contributed by atoms with van der Waals surface area (Å²) in [4.78, 5) is 12.9. The lowest BCUT2D eigenvalue weighted by molar-refractivity contribution is -0.141. The Kier molecular flexibility index (Phi) is 4.22. The van der Waals surface area contributed by atoms with E-state index in [4.69, 9.17) is 5.11 Å². The van der Waals surface area contributed by atoms with Crippen LogP contribution < -0.4 is 5.32 Å². The number of carbonyl (C=O) groups is 1. The highest BCUT2D eigenvalue weighted by Crippen LogP contribution is 2.23. The van der Waals surface area contributed by atoms with Crippen molar-refractivity contribution < 1.29 is 9.90 Å². The monoisotopic (exact) mass is 218 g/mol. The molecule has 1 heterocycles. The van der Waals surface area contributed by atoms with Crippen LogP contribution in [0.25, 0.3) is 0 Å². The second kappa shape index (κ2) is 5.00. The molecule has 0 amide bonds. The van der Waals surface area contributed by atoms with E-state index < -0.39 is 5.97 Å². The van der Waals surface area contributed by atoms with Crippen LogP contribution in [-0.2, 0) is 4.79 Å². The molecule has 5 heteroatoms. The van der Waals surface area contributed by atoms with Crippen LogP contribution in [0.3, 0.4) is 0 Å². The van der Waals surface area contributed by atoms with Gasteiger partial charge in [-0.3, -0.25) is 9.69 Å². The van der Waals surface area contributed by atoms with Gasteiger partial charge in [0.25, 0.3) is 0 Å². The number of aliphatic carboxylic acids is 1. The van der Waals surface area contributed by atoms with Crippen LogP contribution in [0.15, 0.2) is 0 Å². The van der Waals surface area contributed by atoms with Gasteiger partial charge in [0.1, 0.15) is 0 Å². The highest BCUT2D eigenvalue weighted by molar-refractivity contribution is 7.98. The van der Waals surface area contributed by atoms with Crippen LogP contribution in [0, 0.1) is 0 Å². The van der Waals surface area contributed by atoms with E-state index in [0.717, 1.165) is 25.4 Å². The average Bonchev–Trinajstić information content (AvgIpc) is 2.07. The van der Waals surface area contributed by atoms with Gasteiger partial charge in [-0.2, -0.15) is 11.8 Å². The summed E-state index contributed by atoms with van der Waals surface area (Å²) in [5.41, 5.74) is -0.137. The molecule has 0 saturated carbocycles.